The number of benzene rings is 2. The first kappa shape index (κ1) is 20.5. The van der Waals surface area contributed by atoms with Gasteiger partial charge in [-0.05, 0) is 30.3 Å². The van der Waals surface area contributed by atoms with E-state index in [1.165, 1.54) is 0 Å². The second-order valence-corrected chi connectivity index (χ2v) is 6.08. The minimum Gasteiger partial charge on any atom is -0.497 e. The first-order valence-electron chi connectivity index (χ1n) is 9.04. The second-order valence-electron chi connectivity index (χ2n) is 6.08. The van der Waals surface area contributed by atoms with Crippen molar-refractivity contribution in [2.45, 2.75) is 0 Å². The zero-order valence-electron chi connectivity index (χ0n) is 16.3. The van der Waals surface area contributed by atoms with Gasteiger partial charge in [0.1, 0.15) is 23.8 Å². The number of carbonyl (C=O) groups excluding carboxylic acids is 2. The van der Waals surface area contributed by atoms with Crippen molar-refractivity contribution in [1.29, 1.82) is 0 Å². The third-order valence-corrected chi connectivity index (χ3v) is 4.10. The van der Waals surface area contributed by atoms with Crippen molar-refractivity contribution in [2.24, 2.45) is 5.73 Å². The normalized spacial score (nSPS) is 9.90. The molecule has 0 aliphatic heterocycles. The number of aromatic nitrogens is 2. The molecule has 0 aliphatic rings. The average Bonchev–Trinajstić information content (AvgIpc) is 3.26. The van der Waals surface area contributed by atoms with E-state index in [0.717, 1.165) is 5.56 Å². The molecule has 0 spiro atoms. The van der Waals surface area contributed by atoms with E-state index in [-0.39, 0.29) is 19.1 Å². The molecule has 1 aromatic heterocycles. The second kappa shape index (κ2) is 9.80. The summed E-state index contributed by atoms with van der Waals surface area (Å²) in [6, 6.07) is 15.7. The highest BCUT2D eigenvalue weighted by Crippen LogP contribution is 2.22. The van der Waals surface area contributed by atoms with E-state index in [0.29, 0.717) is 28.5 Å². The predicted molar refractivity (Wildman–Crippen MR) is 111 cm³/mol. The zero-order chi connectivity index (χ0) is 21.3. The Bertz CT molecular complexity index is 1110. The lowest BCUT2D eigenvalue weighted by atomic mass is 10.1. The molecule has 0 unspecified atom stereocenters. The first-order valence-corrected chi connectivity index (χ1v) is 9.04. The van der Waals surface area contributed by atoms with Gasteiger partial charge in [-0.3, -0.25) is 14.7 Å². The number of methoxy groups -OCH3 is 1. The fourth-order valence-electron chi connectivity index (χ4n) is 2.61. The van der Waals surface area contributed by atoms with Gasteiger partial charge >= 0.3 is 0 Å². The van der Waals surface area contributed by atoms with Gasteiger partial charge in [0.25, 0.3) is 11.8 Å². The number of H-pyrrole nitrogens is 1. The summed E-state index contributed by atoms with van der Waals surface area (Å²) < 4.78 is 10.6. The van der Waals surface area contributed by atoms with E-state index < -0.39 is 5.91 Å². The number of hydrogen-bond acceptors (Lipinski definition) is 5. The molecule has 30 heavy (non-hydrogen) atoms. The van der Waals surface area contributed by atoms with Crippen LogP contribution in [0.1, 0.15) is 20.8 Å². The summed E-state index contributed by atoms with van der Waals surface area (Å²) in [5, 5.41) is 9.55. The summed E-state index contributed by atoms with van der Waals surface area (Å²) in [5.74, 6) is 5.73. The number of ether oxygens (including phenoxy) is 2. The molecule has 0 saturated carbocycles. The Balaban J connectivity index is 1.50. The van der Waals surface area contributed by atoms with Crippen molar-refractivity contribution >= 4 is 11.8 Å². The van der Waals surface area contributed by atoms with Crippen molar-refractivity contribution < 1.29 is 19.1 Å². The third-order valence-electron chi connectivity index (χ3n) is 4.10. The van der Waals surface area contributed by atoms with E-state index in [1.807, 2.05) is 24.3 Å². The predicted octanol–water partition coefficient (Wildman–Crippen LogP) is 2.00. The van der Waals surface area contributed by atoms with Gasteiger partial charge in [0.2, 0.25) is 0 Å². The van der Waals surface area contributed by atoms with Gasteiger partial charge in [0.15, 0.2) is 0 Å². The lowest BCUT2D eigenvalue weighted by molar-refractivity contribution is 0.0952. The highest BCUT2D eigenvalue weighted by molar-refractivity contribution is 5.95. The summed E-state index contributed by atoms with van der Waals surface area (Å²) in [6.07, 6.45) is 0. The topological polar surface area (TPSA) is 119 Å². The van der Waals surface area contributed by atoms with E-state index in [1.54, 1.807) is 37.4 Å². The Morgan fingerprint density at radius 2 is 1.97 bits per heavy atom. The molecule has 2 aromatic carbocycles. The summed E-state index contributed by atoms with van der Waals surface area (Å²) in [5.41, 5.74) is 7.37. The van der Waals surface area contributed by atoms with Crippen molar-refractivity contribution in [3.05, 3.63) is 65.9 Å². The van der Waals surface area contributed by atoms with Gasteiger partial charge in [-0.2, -0.15) is 5.10 Å². The average molecular weight is 404 g/mol. The van der Waals surface area contributed by atoms with Gasteiger partial charge in [0.05, 0.1) is 24.9 Å². The number of amides is 2. The highest BCUT2D eigenvalue weighted by atomic mass is 16.5. The maximum Gasteiger partial charge on any atom is 0.270 e. The Kier molecular flexibility index (Phi) is 6.69. The lowest BCUT2D eigenvalue weighted by Gasteiger charge is -2.05. The van der Waals surface area contributed by atoms with Gasteiger partial charge in [0, 0.05) is 5.56 Å². The van der Waals surface area contributed by atoms with Crippen LogP contribution in [0.25, 0.3) is 11.3 Å². The molecule has 0 atom stereocenters. The molecular weight excluding hydrogens is 384 g/mol. The van der Waals surface area contributed by atoms with E-state index in [9.17, 15) is 9.59 Å². The molecule has 1 heterocycles. The number of carbonyl (C=O) groups is 2. The van der Waals surface area contributed by atoms with Crippen LogP contribution in [0.2, 0.25) is 0 Å². The van der Waals surface area contributed by atoms with Crippen LogP contribution in [0.4, 0.5) is 0 Å². The van der Waals surface area contributed by atoms with Gasteiger partial charge in [-0.15, -0.1) is 0 Å². The Morgan fingerprint density at radius 3 is 2.77 bits per heavy atom. The maximum atomic E-state index is 12.2. The highest BCUT2D eigenvalue weighted by Gasteiger charge is 2.11. The monoisotopic (exact) mass is 404 g/mol. The van der Waals surface area contributed by atoms with Crippen LogP contribution in [-0.2, 0) is 0 Å². The van der Waals surface area contributed by atoms with E-state index in [4.69, 9.17) is 15.2 Å². The SMILES string of the molecule is COc1cccc(-c2cc(C(=O)NCC#CCOc3ccccc3C(N)=O)[nH]n2)c1. The van der Waals surface area contributed by atoms with Crippen LogP contribution in [-0.4, -0.2) is 42.3 Å². The Morgan fingerprint density at radius 1 is 1.13 bits per heavy atom. The fraction of sp³-hybridized carbons (Fsp3) is 0.136. The minimum absolute atomic E-state index is 0.0597. The fourth-order valence-corrected chi connectivity index (χ4v) is 2.61. The molecule has 152 valence electrons. The molecule has 0 saturated heterocycles. The van der Waals surface area contributed by atoms with Crippen LogP contribution in [0.15, 0.2) is 54.6 Å². The molecule has 0 radical (unpaired) electrons. The molecule has 0 bridgehead atoms. The standard InChI is InChI=1S/C22H20N4O4/c1-29-16-8-6-7-15(13-16)18-14-19(26-25-18)22(28)24-11-4-5-12-30-20-10-3-2-9-17(20)21(23)27/h2-3,6-10,13-14H,11-12H2,1H3,(H2,23,27)(H,24,28)(H,25,26). The zero-order valence-corrected chi connectivity index (χ0v) is 16.3. The minimum atomic E-state index is -0.571. The van der Waals surface area contributed by atoms with Gasteiger partial charge in [-0.25, -0.2) is 0 Å². The summed E-state index contributed by atoms with van der Waals surface area (Å²) in [6.45, 7) is 0.192. The van der Waals surface area contributed by atoms with Crippen molar-refractivity contribution in [1.82, 2.24) is 15.5 Å². The summed E-state index contributed by atoms with van der Waals surface area (Å²) >= 11 is 0. The van der Waals surface area contributed by atoms with Crippen LogP contribution in [0.5, 0.6) is 11.5 Å². The molecule has 8 nitrogen and oxygen atoms in total. The Hall–Kier alpha value is -4.25. The molecule has 8 heteroatoms. The quantitative estimate of drug-likeness (QED) is 0.521. The van der Waals surface area contributed by atoms with Gasteiger partial charge < -0.3 is 20.5 Å². The number of nitrogens with two attached hydrogens (primary N) is 1. The molecule has 4 N–H and O–H groups in total. The van der Waals surface area contributed by atoms with Crippen molar-refractivity contribution in [2.75, 3.05) is 20.3 Å². The number of primary amides is 1. The number of hydrogen-bond donors (Lipinski definition) is 3. The number of nitrogens with zero attached hydrogens (tertiary/aromatic N) is 1. The van der Waals surface area contributed by atoms with Crippen molar-refractivity contribution in [3.8, 4) is 34.6 Å². The molecule has 3 rings (SSSR count). The lowest BCUT2D eigenvalue weighted by Crippen LogP contribution is -2.24. The van der Waals surface area contributed by atoms with Crippen LogP contribution in [0, 0.1) is 11.8 Å². The number of aromatic amines is 1. The molecule has 0 aliphatic carbocycles. The first-order chi connectivity index (χ1) is 14.6. The summed E-state index contributed by atoms with van der Waals surface area (Å²) in [4.78, 5) is 23.6. The van der Waals surface area contributed by atoms with Crippen LogP contribution in [0.3, 0.4) is 0 Å². The van der Waals surface area contributed by atoms with Crippen LogP contribution < -0.4 is 20.5 Å². The molecule has 3 aromatic rings. The maximum absolute atomic E-state index is 12.2. The van der Waals surface area contributed by atoms with E-state index in [2.05, 4.69) is 27.4 Å². The van der Waals surface area contributed by atoms with E-state index >= 15 is 0 Å². The summed E-state index contributed by atoms with van der Waals surface area (Å²) in [7, 11) is 1.59. The molecule has 2 amide bonds. The molecular formula is C22H20N4O4. The smallest absolute Gasteiger partial charge is 0.270 e. The third kappa shape index (κ3) is 5.17. The number of para-hydroxylation sites is 1. The van der Waals surface area contributed by atoms with Crippen molar-refractivity contribution in [3.63, 3.8) is 0 Å². The number of rotatable bonds is 7. The molecule has 0 fully saturated rings. The van der Waals surface area contributed by atoms with Crippen LogP contribution >= 0.6 is 0 Å². The van der Waals surface area contributed by atoms with Gasteiger partial charge in [-0.1, -0.05) is 36.1 Å². The largest absolute Gasteiger partial charge is 0.497 e. The number of nitrogens with one attached hydrogen (secondary N) is 2. The Labute approximate surface area is 173 Å².